The van der Waals surface area contributed by atoms with Gasteiger partial charge in [-0.25, -0.2) is 4.98 Å². The standard InChI is InChI=1S/C28H27N3O5S2/c1-17(26(32)31-28-30-22(16-37-28)21-10-5-6-11-23(21)34-2)38-20-9-7-8-19(15-20)29-27(33)18-12-13-24(35-3)25(14-18)36-4/h5-17H,1-4H3,(H,29,33)(H,30,31,32). The summed E-state index contributed by atoms with van der Waals surface area (Å²) < 4.78 is 15.9. The van der Waals surface area contributed by atoms with Crippen LogP contribution in [0.15, 0.2) is 77.0 Å². The minimum atomic E-state index is -0.398. The fourth-order valence-electron chi connectivity index (χ4n) is 3.60. The number of thioether (sulfide) groups is 1. The lowest BCUT2D eigenvalue weighted by molar-refractivity contribution is -0.115. The smallest absolute Gasteiger partial charge is 0.255 e. The largest absolute Gasteiger partial charge is 0.496 e. The second kappa shape index (κ2) is 12.5. The van der Waals surface area contributed by atoms with Crippen LogP contribution in [0.5, 0.6) is 17.2 Å². The molecular formula is C28H27N3O5S2. The van der Waals surface area contributed by atoms with Gasteiger partial charge in [-0.3, -0.25) is 9.59 Å². The third-order valence-electron chi connectivity index (χ3n) is 5.54. The van der Waals surface area contributed by atoms with Crippen LogP contribution >= 0.6 is 23.1 Å². The number of ether oxygens (including phenoxy) is 3. The van der Waals surface area contributed by atoms with E-state index in [1.165, 1.54) is 30.2 Å². The molecule has 38 heavy (non-hydrogen) atoms. The zero-order chi connectivity index (χ0) is 27.1. The third-order valence-corrected chi connectivity index (χ3v) is 7.39. The van der Waals surface area contributed by atoms with Crippen molar-refractivity contribution in [2.75, 3.05) is 32.0 Å². The summed E-state index contributed by atoms with van der Waals surface area (Å²) in [6.07, 6.45) is 0. The topological polar surface area (TPSA) is 98.8 Å². The van der Waals surface area contributed by atoms with Crippen molar-refractivity contribution in [3.05, 3.63) is 77.7 Å². The number of hydrogen-bond donors (Lipinski definition) is 2. The fraction of sp³-hybridized carbons (Fsp3) is 0.179. The Hall–Kier alpha value is -4.02. The Balaban J connectivity index is 1.38. The van der Waals surface area contributed by atoms with E-state index in [0.29, 0.717) is 27.9 Å². The minimum Gasteiger partial charge on any atom is -0.496 e. The van der Waals surface area contributed by atoms with Gasteiger partial charge >= 0.3 is 0 Å². The Morgan fingerprint density at radius 2 is 1.63 bits per heavy atom. The molecule has 0 aliphatic rings. The van der Waals surface area contributed by atoms with Crippen LogP contribution in [0.4, 0.5) is 10.8 Å². The first kappa shape index (κ1) is 27.0. The Labute approximate surface area is 229 Å². The third kappa shape index (κ3) is 6.45. The first-order valence-corrected chi connectivity index (χ1v) is 13.4. The van der Waals surface area contributed by atoms with Gasteiger partial charge in [-0.1, -0.05) is 18.2 Å². The number of nitrogens with one attached hydrogen (secondary N) is 2. The summed E-state index contributed by atoms with van der Waals surface area (Å²) in [4.78, 5) is 31.0. The molecule has 2 amide bonds. The summed E-state index contributed by atoms with van der Waals surface area (Å²) in [6, 6.07) is 19.9. The van der Waals surface area contributed by atoms with Gasteiger partial charge in [0.1, 0.15) is 5.75 Å². The van der Waals surface area contributed by atoms with Gasteiger partial charge in [0, 0.05) is 27.1 Å². The van der Waals surface area contributed by atoms with Gasteiger partial charge in [-0.2, -0.15) is 0 Å². The number of anilines is 2. The van der Waals surface area contributed by atoms with E-state index in [0.717, 1.165) is 21.9 Å². The van der Waals surface area contributed by atoms with E-state index in [-0.39, 0.29) is 11.8 Å². The summed E-state index contributed by atoms with van der Waals surface area (Å²) in [5, 5.41) is 7.78. The van der Waals surface area contributed by atoms with Crippen LogP contribution in [-0.4, -0.2) is 43.4 Å². The summed E-state index contributed by atoms with van der Waals surface area (Å²) >= 11 is 2.74. The van der Waals surface area contributed by atoms with E-state index in [1.54, 1.807) is 38.5 Å². The Bertz CT molecular complexity index is 1440. The van der Waals surface area contributed by atoms with Gasteiger partial charge in [0.25, 0.3) is 5.91 Å². The molecule has 1 atom stereocenters. The second-order valence-electron chi connectivity index (χ2n) is 8.04. The lowest BCUT2D eigenvalue weighted by Gasteiger charge is -2.13. The van der Waals surface area contributed by atoms with Crippen LogP contribution in [0.1, 0.15) is 17.3 Å². The number of thiazole rings is 1. The van der Waals surface area contributed by atoms with Gasteiger partial charge in [0.15, 0.2) is 16.6 Å². The summed E-state index contributed by atoms with van der Waals surface area (Å²) in [5.41, 5.74) is 2.65. The van der Waals surface area contributed by atoms with Crippen molar-refractivity contribution in [1.82, 2.24) is 4.98 Å². The number of benzene rings is 3. The van der Waals surface area contributed by atoms with Crippen LogP contribution in [-0.2, 0) is 4.79 Å². The average molecular weight is 550 g/mol. The summed E-state index contributed by atoms with van der Waals surface area (Å²) in [7, 11) is 4.67. The highest BCUT2D eigenvalue weighted by molar-refractivity contribution is 8.00. The molecule has 2 N–H and O–H groups in total. The normalized spacial score (nSPS) is 11.4. The maximum Gasteiger partial charge on any atom is 0.255 e. The molecule has 8 nitrogen and oxygen atoms in total. The molecule has 0 bridgehead atoms. The highest BCUT2D eigenvalue weighted by Crippen LogP contribution is 2.33. The maximum atomic E-state index is 12.9. The molecule has 0 aliphatic carbocycles. The van der Waals surface area contributed by atoms with Crippen molar-refractivity contribution in [3.63, 3.8) is 0 Å². The lowest BCUT2D eigenvalue weighted by Crippen LogP contribution is -2.22. The van der Waals surface area contributed by atoms with E-state index in [2.05, 4.69) is 15.6 Å². The van der Waals surface area contributed by atoms with Gasteiger partial charge < -0.3 is 24.8 Å². The number of nitrogens with zero attached hydrogens (tertiary/aromatic N) is 1. The number of hydrogen-bond acceptors (Lipinski definition) is 8. The molecule has 1 heterocycles. The molecule has 4 aromatic rings. The quantitative estimate of drug-likeness (QED) is 0.227. The summed E-state index contributed by atoms with van der Waals surface area (Å²) in [6.45, 7) is 1.82. The molecule has 0 saturated heterocycles. The van der Waals surface area contributed by atoms with Crippen molar-refractivity contribution in [2.24, 2.45) is 0 Å². The number of para-hydroxylation sites is 1. The first-order valence-electron chi connectivity index (χ1n) is 11.6. The van der Waals surface area contributed by atoms with Crippen LogP contribution in [0.25, 0.3) is 11.3 Å². The molecule has 0 aliphatic heterocycles. The second-order valence-corrected chi connectivity index (χ2v) is 10.3. The van der Waals surface area contributed by atoms with Gasteiger partial charge in [-0.05, 0) is 55.5 Å². The molecule has 196 valence electrons. The predicted octanol–water partition coefficient (Wildman–Crippen LogP) is 6.21. The van der Waals surface area contributed by atoms with Crippen molar-refractivity contribution in [1.29, 1.82) is 0 Å². The van der Waals surface area contributed by atoms with Crippen LogP contribution in [0.2, 0.25) is 0 Å². The van der Waals surface area contributed by atoms with Crippen LogP contribution in [0, 0.1) is 0 Å². The van der Waals surface area contributed by atoms with E-state index in [9.17, 15) is 9.59 Å². The van der Waals surface area contributed by atoms with Crippen molar-refractivity contribution >= 4 is 45.7 Å². The molecule has 10 heteroatoms. The molecule has 0 spiro atoms. The molecule has 0 radical (unpaired) electrons. The van der Waals surface area contributed by atoms with Gasteiger partial charge in [0.05, 0.1) is 32.3 Å². The predicted molar refractivity (Wildman–Crippen MR) is 152 cm³/mol. The van der Waals surface area contributed by atoms with E-state index < -0.39 is 5.25 Å². The number of methoxy groups -OCH3 is 3. The SMILES string of the molecule is COc1ccc(C(=O)Nc2cccc(SC(C)C(=O)Nc3nc(-c4ccccc4OC)cs3)c2)cc1OC. The Kier molecular flexibility index (Phi) is 8.88. The van der Waals surface area contributed by atoms with E-state index >= 15 is 0 Å². The van der Waals surface area contributed by atoms with Crippen molar-refractivity contribution in [2.45, 2.75) is 17.1 Å². The Morgan fingerprint density at radius 1 is 0.868 bits per heavy atom. The maximum absolute atomic E-state index is 12.9. The highest BCUT2D eigenvalue weighted by atomic mass is 32.2. The number of rotatable bonds is 10. The van der Waals surface area contributed by atoms with E-state index in [4.69, 9.17) is 14.2 Å². The average Bonchev–Trinajstić information content (AvgIpc) is 3.40. The highest BCUT2D eigenvalue weighted by Gasteiger charge is 2.18. The van der Waals surface area contributed by atoms with Crippen LogP contribution < -0.4 is 24.8 Å². The molecule has 3 aromatic carbocycles. The number of carbonyl (C=O) groups excluding carboxylic acids is 2. The molecular weight excluding hydrogens is 522 g/mol. The van der Waals surface area contributed by atoms with Gasteiger partial charge in [0.2, 0.25) is 5.91 Å². The molecule has 0 fully saturated rings. The van der Waals surface area contributed by atoms with E-state index in [1.807, 2.05) is 54.8 Å². The molecule has 1 unspecified atom stereocenters. The monoisotopic (exact) mass is 549 g/mol. The summed E-state index contributed by atoms with van der Waals surface area (Å²) in [5.74, 6) is 1.28. The zero-order valence-electron chi connectivity index (χ0n) is 21.3. The van der Waals surface area contributed by atoms with Gasteiger partial charge in [-0.15, -0.1) is 23.1 Å². The first-order chi connectivity index (χ1) is 18.4. The minimum absolute atomic E-state index is 0.171. The zero-order valence-corrected chi connectivity index (χ0v) is 22.9. The number of aromatic nitrogens is 1. The van der Waals surface area contributed by atoms with Crippen molar-refractivity contribution < 1.29 is 23.8 Å². The lowest BCUT2D eigenvalue weighted by atomic mass is 10.1. The van der Waals surface area contributed by atoms with Crippen LogP contribution in [0.3, 0.4) is 0 Å². The number of amides is 2. The van der Waals surface area contributed by atoms with Crippen molar-refractivity contribution in [3.8, 4) is 28.5 Å². The molecule has 1 aromatic heterocycles. The molecule has 0 saturated carbocycles. The number of carbonyl (C=O) groups is 2. The molecule has 4 rings (SSSR count). The fourth-order valence-corrected chi connectivity index (χ4v) is 5.24. The Morgan fingerprint density at radius 3 is 2.39 bits per heavy atom.